The molecule has 5 nitrogen and oxygen atoms in total. The molecule has 0 aliphatic heterocycles. The van der Waals surface area contributed by atoms with Crippen LogP contribution in [0.3, 0.4) is 0 Å². The van der Waals surface area contributed by atoms with Gasteiger partial charge in [-0.3, -0.25) is 0 Å². The fraction of sp³-hybridized carbons (Fsp3) is 0.667. The summed E-state index contributed by atoms with van der Waals surface area (Å²) in [5.41, 5.74) is 0. The van der Waals surface area contributed by atoms with Gasteiger partial charge in [0.2, 0.25) is 0 Å². The van der Waals surface area contributed by atoms with Crippen molar-refractivity contribution in [3.63, 3.8) is 0 Å². The van der Waals surface area contributed by atoms with Crippen molar-refractivity contribution in [1.29, 1.82) is 0 Å². The van der Waals surface area contributed by atoms with Crippen molar-refractivity contribution in [1.82, 2.24) is 5.32 Å². The van der Waals surface area contributed by atoms with E-state index < -0.39 is 5.97 Å². The number of carbonyl (C=O) groups is 1. The number of aliphatic hydroxyl groups is 1. The van der Waals surface area contributed by atoms with E-state index in [1.807, 2.05) is 0 Å². The van der Waals surface area contributed by atoms with Crippen molar-refractivity contribution in [3.8, 4) is 0 Å². The molecule has 5 heteroatoms. The zero-order chi connectivity index (χ0) is 10.8. The second-order valence-corrected chi connectivity index (χ2v) is 2.81. The highest BCUT2D eigenvalue weighted by Crippen LogP contribution is 1.91. The molecular formula is C9H17NO4. The second kappa shape index (κ2) is 8.68. The first kappa shape index (κ1) is 13.1. The molecule has 0 fully saturated rings. The van der Waals surface area contributed by atoms with Crippen molar-refractivity contribution in [3.05, 3.63) is 12.2 Å². The number of carboxylic acids is 1. The van der Waals surface area contributed by atoms with E-state index in [1.165, 1.54) is 6.08 Å². The van der Waals surface area contributed by atoms with E-state index >= 15 is 0 Å². The van der Waals surface area contributed by atoms with Gasteiger partial charge >= 0.3 is 5.97 Å². The fourth-order valence-corrected chi connectivity index (χ4v) is 0.996. The summed E-state index contributed by atoms with van der Waals surface area (Å²) >= 11 is 0. The van der Waals surface area contributed by atoms with Crippen LogP contribution in [-0.2, 0) is 9.53 Å². The molecule has 1 unspecified atom stereocenters. The number of methoxy groups -OCH3 is 1. The lowest BCUT2D eigenvalue weighted by Crippen LogP contribution is -2.34. The Balaban J connectivity index is 3.64. The maximum absolute atomic E-state index is 10.1. The lowest BCUT2D eigenvalue weighted by molar-refractivity contribution is -0.131. The summed E-state index contributed by atoms with van der Waals surface area (Å²) in [5.74, 6) is -0.961. The Morgan fingerprint density at radius 2 is 2.36 bits per heavy atom. The standard InChI is InChI=1S/C9H17NO4/c1-14-7-8(4-6-11)10-5-2-3-9(12)13/h2-3,8,10-11H,4-7H2,1H3,(H,12,13)/b3-2+. The first-order chi connectivity index (χ1) is 6.70. The molecule has 0 rings (SSSR count). The van der Waals surface area contributed by atoms with E-state index in [-0.39, 0.29) is 12.6 Å². The number of aliphatic hydroxyl groups excluding tert-OH is 1. The number of nitrogens with one attached hydrogen (secondary N) is 1. The molecule has 0 bridgehead atoms. The van der Waals surface area contributed by atoms with Gasteiger partial charge in [-0.25, -0.2) is 4.79 Å². The van der Waals surface area contributed by atoms with Gasteiger partial charge < -0.3 is 20.3 Å². The van der Waals surface area contributed by atoms with Crippen molar-refractivity contribution in [2.75, 3.05) is 26.9 Å². The smallest absolute Gasteiger partial charge is 0.328 e. The topological polar surface area (TPSA) is 78.8 Å². The Hall–Kier alpha value is -0.910. The van der Waals surface area contributed by atoms with Crippen LogP contribution in [0.5, 0.6) is 0 Å². The molecule has 0 aromatic carbocycles. The van der Waals surface area contributed by atoms with Crippen molar-refractivity contribution in [2.45, 2.75) is 12.5 Å². The van der Waals surface area contributed by atoms with Crippen LogP contribution in [0.25, 0.3) is 0 Å². The number of aliphatic carboxylic acids is 1. The Labute approximate surface area is 83.4 Å². The van der Waals surface area contributed by atoms with Crippen LogP contribution in [0.4, 0.5) is 0 Å². The third-order valence-corrected chi connectivity index (χ3v) is 1.63. The highest BCUT2D eigenvalue weighted by Gasteiger charge is 2.04. The Morgan fingerprint density at radius 1 is 1.64 bits per heavy atom. The van der Waals surface area contributed by atoms with Crippen LogP contribution in [0.1, 0.15) is 6.42 Å². The molecule has 0 heterocycles. The van der Waals surface area contributed by atoms with Gasteiger partial charge in [-0.15, -0.1) is 0 Å². The highest BCUT2D eigenvalue weighted by atomic mass is 16.5. The van der Waals surface area contributed by atoms with Crippen molar-refractivity contribution >= 4 is 5.97 Å². The number of ether oxygens (including phenoxy) is 1. The molecule has 0 amide bonds. The average molecular weight is 203 g/mol. The summed E-state index contributed by atoms with van der Waals surface area (Å²) < 4.78 is 4.92. The largest absolute Gasteiger partial charge is 0.478 e. The molecule has 0 aromatic rings. The molecule has 1 atom stereocenters. The number of hydrogen-bond acceptors (Lipinski definition) is 4. The van der Waals surface area contributed by atoms with E-state index in [4.69, 9.17) is 14.9 Å². The van der Waals surface area contributed by atoms with Crippen LogP contribution in [0.2, 0.25) is 0 Å². The zero-order valence-corrected chi connectivity index (χ0v) is 8.27. The summed E-state index contributed by atoms with van der Waals surface area (Å²) in [6, 6.07) is 0.0587. The van der Waals surface area contributed by atoms with Gasteiger partial charge in [-0.1, -0.05) is 6.08 Å². The molecule has 0 saturated carbocycles. The Kier molecular flexibility index (Phi) is 8.11. The summed E-state index contributed by atoms with van der Waals surface area (Å²) in [5, 5.41) is 20.0. The lowest BCUT2D eigenvalue weighted by atomic mass is 10.2. The molecule has 0 aromatic heterocycles. The molecule has 3 N–H and O–H groups in total. The lowest BCUT2D eigenvalue weighted by Gasteiger charge is -2.15. The molecule has 0 radical (unpaired) electrons. The van der Waals surface area contributed by atoms with E-state index in [0.717, 1.165) is 6.08 Å². The second-order valence-electron chi connectivity index (χ2n) is 2.81. The first-order valence-electron chi connectivity index (χ1n) is 4.43. The highest BCUT2D eigenvalue weighted by molar-refractivity contribution is 5.79. The minimum Gasteiger partial charge on any atom is -0.478 e. The van der Waals surface area contributed by atoms with E-state index in [1.54, 1.807) is 7.11 Å². The minimum absolute atomic E-state index is 0.0587. The minimum atomic E-state index is -0.961. The van der Waals surface area contributed by atoms with Crippen LogP contribution in [0.15, 0.2) is 12.2 Å². The van der Waals surface area contributed by atoms with Crippen molar-refractivity contribution < 1.29 is 19.7 Å². The van der Waals surface area contributed by atoms with Gasteiger partial charge in [0.1, 0.15) is 0 Å². The number of carboxylic acid groups (broad SMARTS) is 1. The third kappa shape index (κ3) is 7.72. The SMILES string of the molecule is COCC(CCO)NC/C=C/C(=O)O. The van der Waals surface area contributed by atoms with Crippen LogP contribution in [0, 0.1) is 0 Å². The number of rotatable bonds is 8. The third-order valence-electron chi connectivity index (χ3n) is 1.63. The van der Waals surface area contributed by atoms with Gasteiger partial charge in [0.15, 0.2) is 0 Å². The van der Waals surface area contributed by atoms with E-state index in [9.17, 15) is 4.79 Å². The summed E-state index contributed by atoms with van der Waals surface area (Å²) in [6.07, 6.45) is 3.19. The summed E-state index contributed by atoms with van der Waals surface area (Å²) in [4.78, 5) is 10.1. The summed E-state index contributed by atoms with van der Waals surface area (Å²) in [7, 11) is 1.58. The molecule has 0 aliphatic carbocycles. The van der Waals surface area contributed by atoms with Crippen LogP contribution >= 0.6 is 0 Å². The zero-order valence-electron chi connectivity index (χ0n) is 8.27. The number of hydrogen-bond donors (Lipinski definition) is 3. The maximum Gasteiger partial charge on any atom is 0.328 e. The molecule has 14 heavy (non-hydrogen) atoms. The molecule has 0 spiro atoms. The predicted octanol–water partition coefficient (Wildman–Crippen LogP) is -0.386. The van der Waals surface area contributed by atoms with Gasteiger partial charge in [0.25, 0.3) is 0 Å². The quantitative estimate of drug-likeness (QED) is 0.468. The maximum atomic E-state index is 10.1. The van der Waals surface area contributed by atoms with Crippen molar-refractivity contribution in [2.24, 2.45) is 0 Å². The van der Waals surface area contributed by atoms with Gasteiger partial charge in [0, 0.05) is 32.4 Å². The van der Waals surface area contributed by atoms with Gasteiger partial charge in [0.05, 0.1) is 6.61 Å². The average Bonchev–Trinajstić information content (AvgIpc) is 2.12. The molecule has 82 valence electrons. The first-order valence-corrected chi connectivity index (χ1v) is 4.43. The van der Waals surface area contributed by atoms with Crippen LogP contribution < -0.4 is 5.32 Å². The monoisotopic (exact) mass is 203 g/mol. The van der Waals surface area contributed by atoms with E-state index in [2.05, 4.69) is 5.32 Å². The molecule has 0 aliphatic rings. The summed E-state index contributed by atoms with van der Waals surface area (Å²) in [6.45, 7) is 1.05. The van der Waals surface area contributed by atoms with Gasteiger partial charge in [-0.05, 0) is 6.42 Å². The fourth-order valence-electron chi connectivity index (χ4n) is 0.996. The Bertz CT molecular complexity index is 176. The van der Waals surface area contributed by atoms with E-state index in [0.29, 0.717) is 19.6 Å². The van der Waals surface area contributed by atoms with Crippen LogP contribution in [-0.4, -0.2) is 49.1 Å². The molecule has 0 saturated heterocycles. The Morgan fingerprint density at radius 3 is 2.86 bits per heavy atom. The normalized spacial score (nSPS) is 13.3. The molecular weight excluding hydrogens is 186 g/mol. The predicted molar refractivity (Wildman–Crippen MR) is 52.1 cm³/mol. The van der Waals surface area contributed by atoms with Gasteiger partial charge in [-0.2, -0.15) is 0 Å².